The van der Waals surface area contributed by atoms with Crippen molar-refractivity contribution in [1.82, 2.24) is 9.78 Å². The first-order chi connectivity index (χ1) is 10.2. The summed E-state index contributed by atoms with van der Waals surface area (Å²) in [6, 6.07) is 10.8. The van der Waals surface area contributed by atoms with Crippen molar-refractivity contribution in [2.24, 2.45) is 0 Å². The molecule has 3 heteroatoms. The van der Waals surface area contributed by atoms with Gasteiger partial charge in [0, 0.05) is 18.7 Å². The zero-order valence-corrected chi connectivity index (χ0v) is 12.9. The zero-order chi connectivity index (χ0) is 14.8. The molecule has 0 bridgehead atoms. The summed E-state index contributed by atoms with van der Waals surface area (Å²) < 4.78 is 1.99. The SMILES string of the molecule is CCC(C)n1ccc(CC(O)c2cccc(C3CC3)c2)n1. The normalized spacial score (nSPS) is 17.7. The van der Waals surface area contributed by atoms with Crippen molar-refractivity contribution >= 4 is 0 Å². The molecule has 1 N–H and O–H groups in total. The third kappa shape index (κ3) is 3.35. The van der Waals surface area contributed by atoms with Crippen LogP contribution in [0.5, 0.6) is 0 Å². The highest BCUT2D eigenvalue weighted by Crippen LogP contribution is 2.40. The van der Waals surface area contributed by atoms with Gasteiger partial charge >= 0.3 is 0 Å². The molecule has 1 aliphatic carbocycles. The minimum Gasteiger partial charge on any atom is -0.388 e. The van der Waals surface area contributed by atoms with E-state index < -0.39 is 6.10 Å². The third-order valence-electron chi connectivity index (χ3n) is 4.45. The number of aromatic nitrogens is 2. The summed E-state index contributed by atoms with van der Waals surface area (Å²) in [4.78, 5) is 0. The van der Waals surface area contributed by atoms with E-state index in [0.717, 1.165) is 23.6 Å². The fraction of sp³-hybridized carbons (Fsp3) is 0.500. The maximum Gasteiger partial charge on any atom is 0.0846 e. The molecule has 1 heterocycles. The number of nitrogens with zero attached hydrogens (tertiary/aromatic N) is 2. The van der Waals surface area contributed by atoms with Gasteiger partial charge in [-0.05, 0) is 49.3 Å². The van der Waals surface area contributed by atoms with Gasteiger partial charge in [0.15, 0.2) is 0 Å². The summed E-state index contributed by atoms with van der Waals surface area (Å²) >= 11 is 0. The number of aliphatic hydroxyl groups is 1. The fourth-order valence-electron chi connectivity index (χ4n) is 2.67. The molecule has 0 amide bonds. The maximum atomic E-state index is 10.5. The summed E-state index contributed by atoms with van der Waals surface area (Å²) in [5, 5.41) is 15.0. The second-order valence-electron chi connectivity index (χ2n) is 6.21. The van der Waals surface area contributed by atoms with Gasteiger partial charge in [0.05, 0.1) is 11.8 Å². The average Bonchev–Trinajstić information content (AvgIpc) is 3.26. The Hall–Kier alpha value is -1.61. The quantitative estimate of drug-likeness (QED) is 0.870. The minimum absolute atomic E-state index is 0.411. The number of hydrogen-bond donors (Lipinski definition) is 1. The van der Waals surface area contributed by atoms with E-state index in [1.165, 1.54) is 18.4 Å². The lowest BCUT2D eigenvalue weighted by molar-refractivity contribution is 0.176. The molecule has 2 atom stereocenters. The highest BCUT2D eigenvalue weighted by molar-refractivity contribution is 5.30. The molecule has 2 unspecified atom stereocenters. The predicted molar refractivity (Wildman–Crippen MR) is 84.3 cm³/mol. The molecule has 0 saturated heterocycles. The first kappa shape index (κ1) is 14.3. The molecule has 21 heavy (non-hydrogen) atoms. The van der Waals surface area contributed by atoms with Crippen LogP contribution in [0.2, 0.25) is 0 Å². The molecule has 1 aliphatic rings. The molecular formula is C18H24N2O. The summed E-state index contributed by atoms with van der Waals surface area (Å²) in [7, 11) is 0. The molecule has 1 saturated carbocycles. The van der Waals surface area contributed by atoms with Crippen LogP contribution in [0, 0.1) is 0 Å². The van der Waals surface area contributed by atoms with Gasteiger partial charge in [0.25, 0.3) is 0 Å². The van der Waals surface area contributed by atoms with Crippen molar-refractivity contribution in [3.05, 3.63) is 53.3 Å². The largest absolute Gasteiger partial charge is 0.388 e. The maximum absolute atomic E-state index is 10.5. The van der Waals surface area contributed by atoms with Crippen LogP contribution in [-0.4, -0.2) is 14.9 Å². The summed E-state index contributed by atoms with van der Waals surface area (Å²) in [6.45, 7) is 4.32. The Bertz CT molecular complexity index is 601. The van der Waals surface area contributed by atoms with Gasteiger partial charge < -0.3 is 5.11 Å². The smallest absolute Gasteiger partial charge is 0.0846 e. The van der Waals surface area contributed by atoms with Gasteiger partial charge in [-0.3, -0.25) is 4.68 Å². The van der Waals surface area contributed by atoms with Gasteiger partial charge in [-0.15, -0.1) is 0 Å². The van der Waals surface area contributed by atoms with Gasteiger partial charge in [-0.1, -0.05) is 31.2 Å². The monoisotopic (exact) mass is 284 g/mol. The first-order valence-electron chi connectivity index (χ1n) is 7.99. The van der Waals surface area contributed by atoms with E-state index in [-0.39, 0.29) is 0 Å². The molecular weight excluding hydrogens is 260 g/mol. The van der Waals surface area contributed by atoms with Crippen molar-refractivity contribution in [2.45, 2.75) is 57.6 Å². The van der Waals surface area contributed by atoms with Crippen LogP contribution in [0.1, 0.15) is 68.0 Å². The molecule has 1 fully saturated rings. The van der Waals surface area contributed by atoms with E-state index in [0.29, 0.717) is 12.5 Å². The lowest BCUT2D eigenvalue weighted by Crippen LogP contribution is -2.07. The van der Waals surface area contributed by atoms with Crippen LogP contribution in [0.25, 0.3) is 0 Å². The average molecular weight is 284 g/mol. The van der Waals surface area contributed by atoms with Gasteiger partial charge in [-0.25, -0.2) is 0 Å². The zero-order valence-electron chi connectivity index (χ0n) is 12.9. The van der Waals surface area contributed by atoms with E-state index in [2.05, 4.69) is 37.1 Å². The summed E-state index contributed by atoms with van der Waals surface area (Å²) in [6.07, 6.45) is 5.77. The molecule has 0 aliphatic heterocycles. The van der Waals surface area contributed by atoms with Gasteiger partial charge in [0.2, 0.25) is 0 Å². The lowest BCUT2D eigenvalue weighted by atomic mass is 10.0. The Morgan fingerprint density at radius 1 is 1.33 bits per heavy atom. The second-order valence-corrected chi connectivity index (χ2v) is 6.21. The Labute approximate surface area is 126 Å². The molecule has 1 aromatic carbocycles. The standard InChI is InChI=1S/C18H24N2O/c1-3-13(2)20-10-9-17(19-20)12-18(21)16-6-4-5-15(11-16)14-7-8-14/h4-6,9-11,13-14,18,21H,3,7-8,12H2,1-2H3. The summed E-state index contributed by atoms with van der Waals surface area (Å²) in [5.41, 5.74) is 3.34. The van der Waals surface area contributed by atoms with Crippen LogP contribution in [0.4, 0.5) is 0 Å². The minimum atomic E-state index is -0.469. The number of benzene rings is 1. The number of aliphatic hydroxyl groups excluding tert-OH is 1. The Morgan fingerprint density at radius 2 is 2.14 bits per heavy atom. The molecule has 3 rings (SSSR count). The van der Waals surface area contributed by atoms with Crippen molar-refractivity contribution in [3.8, 4) is 0 Å². The van der Waals surface area contributed by atoms with Crippen LogP contribution in [0.15, 0.2) is 36.5 Å². The van der Waals surface area contributed by atoms with E-state index in [1.807, 2.05) is 23.0 Å². The molecule has 3 nitrogen and oxygen atoms in total. The Balaban J connectivity index is 1.69. The highest BCUT2D eigenvalue weighted by atomic mass is 16.3. The van der Waals surface area contributed by atoms with Crippen molar-refractivity contribution < 1.29 is 5.11 Å². The van der Waals surface area contributed by atoms with E-state index in [4.69, 9.17) is 0 Å². The summed E-state index contributed by atoms with van der Waals surface area (Å²) in [5.74, 6) is 0.724. The third-order valence-corrected chi connectivity index (χ3v) is 4.45. The van der Waals surface area contributed by atoms with Crippen molar-refractivity contribution in [1.29, 1.82) is 0 Å². The molecule has 0 radical (unpaired) electrons. The fourth-order valence-corrected chi connectivity index (χ4v) is 2.67. The van der Waals surface area contributed by atoms with Crippen LogP contribution in [0.3, 0.4) is 0 Å². The molecule has 112 valence electrons. The van der Waals surface area contributed by atoms with Crippen LogP contribution < -0.4 is 0 Å². The van der Waals surface area contributed by atoms with Crippen molar-refractivity contribution in [2.75, 3.05) is 0 Å². The van der Waals surface area contributed by atoms with Crippen molar-refractivity contribution in [3.63, 3.8) is 0 Å². The molecule has 1 aromatic heterocycles. The van der Waals surface area contributed by atoms with Crippen LogP contribution >= 0.6 is 0 Å². The van der Waals surface area contributed by atoms with Crippen LogP contribution in [-0.2, 0) is 6.42 Å². The van der Waals surface area contributed by atoms with Gasteiger partial charge in [0.1, 0.15) is 0 Å². The van der Waals surface area contributed by atoms with Gasteiger partial charge in [-0.2, -0.15) is 5.10 Å². The van der Waals surface area contributed by atoms with E-state index >= 15 is 0 Å². The number of rotatable bonds is 6. The Kier molecular flexibility index (Phi) is 4.11. The number of hydrogen-bond acceptors (Lipinski definition) is 2. The first-order valence-corrected chi connectivity index (χ1v) is 7.99. The molecule has 0 spiro atoms. The van der Waals surface area contributed by atoms with E-state index in [9.17, 15) is 5.11 Å². The highest BCUT2D eigenvalue weighted by Gasteiger charge is 2.24. The topological polar surface area (TPSA) is 38.0 Å². The lowest BCUT2D eigenvalue weighted by Gasteiger charge is -2.12. The Morgan fingerprint density at radius 3 is 2.86 bits per heavy atom. The predicted octanol–water partition coefficient (Wildman–Crippen LogP) is 4.01. The second kappa shape index (κ2) is 6.02. The van der Waals surface area contributed by atoms with E-state index in [1.54, 1.807) is 0 Å². The molecule has 2 aromatic rings.